The molecule has 1 aromatic heterocycles. The molecule has 0 atom stereocenters. The minimum Gasteiger partial charge on any atom is -0.444 e. The maximum Gasteiger partial charge on any atom is 0.410 e. The van der Waals surface area contributed by atoms with Crippen molar-refractivity contribution in [2.75, 3.05) is 13.1 Å². The molecule has 1 saturated heterocycles. The summed E-state index contributed by atoms with van der Waals surface area (Å²) >= 11 is 0. The first-order chi connectivity index (χ1) is 10.0. The van der Waals surface area contributed by atoms with E-state index in [1.165, 1.54) is 0 Å². The summed E-state index contributed by atoms with van der Waals surface area (Å²) in [6.45, 7) is 13.4. The number of carbonyl (C=O) groups excluding carboxylic acids is 1. The number of hydrogen-bond donors (Lipinski definition) is 0. The fourth-order valence-electron chi connectivity index (χ4n) is 2.34. The topological polar surface area (TPSA) is 68.5 Å². The molecule has 0 aliphatic carbocycles. The van der Waals surface area contributed by atoms with Crippen LogP contribution in [-0.2, 0) is 17.6 Å². The summed E-state index contributed by atoms with van der Waals surface area (Å²) in [5.74, 6) is 1.79. The molecule has 0 radical (unpaired) electrons. The van der Waals surface area contributed by atoms with Crippen molar-refractivity contribution >= 4 is 6.09 Å². The van der Waals surface area contributed by atoms with Gasteiger partial charge in [-0.1, -0.05) is 25.9 Å². The molecule has 1 aliphatic rings. The van der Waals surface area contributed by atoms with E-state index in [9.17, 15) is 4.79 Å². The summed E-state index contributed by atoms with van der Waals surface area (Å²) in [4.78, 5) is 18.0. The van der Waals surface area contributed by atoms with Crippen LogP contribution < -0.4 is 0 Å². The maximum atomic E-state index is 11.9. The Balaban J connectivity index is 1.77. The Morgan fingerprint density at radius 3 is 2.45 bits per heavy atom. The van der Waals surface area contributed by atoms with Crippen LogP contribution in [0, 0.1) is 11.3 Å². The minimum atomic E-state index is -0.448. The highest BCUT2D eigenvalue weighted by Gasteiger charge is 2.34. The monoisotopic (exact) mass is 309 g/mol. The lowest BCUT2D eigenvalue weighted by molar-refractivity contribution is -0.00187. The Bertz CT molecular complexity index is 519. The molecule has 1 aromatic rings. The number of ether oxygens (including phenoxy) is 1. The second kappa shape index (κ2) is 5.89. The Labute approximate surface area is 132 Å². The van der Waals surface area contributed by atoms with Gasteiger partial charge < -0.3 is 14.2 Å². The number of aromatic nitrogens is 2. The van der Waals surface area contributed by atoms with E-state index in [0.717, 1.165) is 18.7 Å². The summed E-state index contributed by atoms with van der Waals surface area (Å²) < 4.78 is 10.6. The SMILES string of the molecule is CC(C)(C)Cc1noc(CC2CN(C(=O)OC(C)(C)C)C2)n1. The summed E-state index contributed by atoms with van der Waals surface area (Å²) in [6, 6.07) is 0. The molecule has 124 valence electrons. The summed E-state index contributed by atoms with van der Waals surface area (Å²) in [5, 5.41) is 4.02. The zero-order chi connectivity index (χ0) is 16.5. The van der Waals surface area contributed by atoms with Crippen LogP contribution in [0.5, 0.6) is 0 Å². The standard InChI is InChI=1S/C16H27N3O3/c1-15(2,3)8-12-17-13(22-18-12)7-11-9-19(10-11)14(20)21-16(4,5)6/h11H,7-10H2,1-6H3. The predicted octanol–water partition coefficient (Wildman–Crippen LogP) is 3.07. The van der Waals surface area contributed by atoms with Crippen molar-refractivity contribution in [2.24, 2.45) is 11.3 Å². The average molecular weight is 309 g/mol. The molecule has 0 aromatic carbocycles. The van der Waals surface area contributed by atoms with E-state index in [4.69, 9.17) is 9.26 Å². The molecular weight excluding hydrogens is 282 g/mol. The number of nitrogens with zero attached hydrogens (tertiary/aromatic N) is 3. The highest BCUT2D eigenvalue weighted by atomic mass is 16.6. The normalized spacial score (nSPS) is 16.5. The van der Waals surface area contributed by atoms with Crippen molar-refractivity contribution in [3.05, 3.63) is 11.7 Å². The molecule has 1 aliphatic heterocycles. The highest BCUT2D eigenvalue weighted by molar-refractivity contribution is 5.69. The summed E-state index contributed by atoms with van der Waals surface area (Å²) in [5.41, 5.74) is -0.304. The summed E-state index contributed by atoms with van der Waals surface area (Å²) in [7, 11) is 0. The van der Waals surface area contributed by atoms with Crippen LogP contribution in [0.1, 0.15) is 53.3 Å². The van der Waals surface area contributed by atoms with E-state index >= 15 is 0 Å². The first-order valence-electron chi connectivity index (χ1n) is 7.81. The third-order valence-corrected chi connectivity index (χ3v) is 3.27. The van der Waals surface area contributed by atoms with Crippen molar-refractivity contribution in [3.8, 4) is 0 Å². The van der Waals surface area contributed by atoms with Crippen LogP contribution in [0.15, 0.2) is 4.52 Å². The van der Waals surface area contributed by atoms with Crippen LogP contribution in [0.25, 0.3) is 0 Å². The van der Waals surface area contributed by atoms with Gasteiger partial charge in [0, 0.05) is 31.8 Å². The molecule has 6 heteroatoms. The molecule has 0 spiro atoms. The van der Waals surface area contributed by atoms with Gasteiger partial charge in [0.2, 0.25) is 5.89 Å². The van der Waals surface area contributed by atoms with E-state index in [2.05, 4.69) is 30.9 Å². The van der Waals surface area contributed by atoms with Gasteiger partial charge in [0.25, 0.3) is 0 Å². The second-order valence-corrected chi connectivity index (χ2v) is 8.30. The molecular formula is C16H27N3O3. The lowest BCUT2D eigenvalue weighted by atomic mass is 9.92. The fraction of sp³-hybridized carbons (Fsp3) is 0.812. The first-order valence-corrected chi connectivity index (χ1v) is 7.81. The fourth-order valence-corrected chi connectivity index (χ4v) is 2.34. The van der Waals surface area contributed by atoms with E-state index < -0.39 is 5.60 Å². The van der Waals surface area contributed by atoms with E-state index in [1.807, 2.05) is 20.8 Å². The van der Waals surface area contributed by atoms with E-state index in [1.54, 1.807) is 4.90 Å². The van der Waals surface area contributed by atoms with Gasteiger partial charge in [-0.2, -0.15) is 4.98 Å². The molecule has 22 heavy (non-hydrogen) atoms. The van der Waals surface area contributed by atoms with Gasteiger partial charge >= 0.3 is 6.09 Å². The lowest BCUT2D eigenvalue weighted by Gasteiger charge is -2.39. The van der Waals surface area contributed by atoms with Gasteiger partial charge in [0.1, 0.15) is 5.60 Å². The molecule has 2 heterocycles. The zero-order valence-electron chi connectivity index (χ0n) is 14.5. The third kappa shape index (κ3) is 5.00. The van der Waals surface area contributed by atoms with Gasteiger partial charge in [-0.05, 0) is 26.2 Å². The second-order valence-electron chi connectivity index (χ2n) is 8.30. The number of rotatable bonds is 3. The van der Waals surface area contributed by atoms with E-state index in [0.29, 0.717) is 24.9 Å². The summed E-state index contributed by atoms with van der Waals surface area (Å²) in [6.07, 6.45) is 1.27. The first kappa shape index (κ1) is 16.8. The molecule has 0 bridgehead atoms. The van der Waals surface area contributed by atoms with Crippen molar-refractivity contribution in [3.63, 3.8) is 0 Å². The Hall–Kier alpha value is -1.59. The quantitative estimate of drug-likeness (QED) is 0.858. The molecule has 2 rings (SSSR count). The molecule has 1 amide bonds. The zero-order valence-corrected chi connectivity index (χ0v) is 14.5. The van der Waals surface area contributed by atoms with Gasteiger partial charge in [-0.15, -0.1) is 0 Å². The lowest BCUT2D eigenvalue weighted by Crippen LogP contribution is -2.52. The number of amides is 1. The van der Waals surface area contributed by atoms with Gasteiger partial charge in [0.15, 0.2) is 5.82 Å². The van der Waals surface area contributed by atoms with Crippen molar-refractivity contribution in [2.45, 2.75) is 60.0 Å². The van der Waals surface area contributed by atoms with Crippen LogP contribution in [-0.4, -0.2) is 39.8 Å². The van der Waals surface area contributed by atoms with Crippen LogP contribution in [0.4, 0.5) is 4.79 Å². The Morgan fingerprint density at radius 2 is 1.91 bits per heavy atom. The molecule has 6 nitrogen and oxygen atoms in total. The van der Waals surface area contributed by atoms with Crippen molar-refractivity contribution in [1.82, 2.24) is 15.0 Å². The smallest absolute Gasteiger partial charge is 0.410 e. The Kier molecular flexibility index (Phi) is 4.49. The molecule has 1 fully saturated rings. The van der Waals surface area contributed by atoms with E-state index in [-0.39, 0.29) is 11.5 Å². The van der Waals surface area contributed by atoms with Gasteiger partial charge in [-0.3, -0.25) is 0 Å². The number of carbonyl (C=O) groups is 1. The predicted molar refractivity (Wildman–Crippen MR) is 82.5 cm³/mol. The average Bonchev–Trinajstić information content (AvgIpc) is 2.64. The van der Waals surface area contributed by atoms with Crippen molar-refractivity contribution < 1.29 is 14.1 Å². The number of hydrogen-bond acceptors (Lipinski definition) is 5. The minimum absolute atomic E-state index is 0.144. The highest BCUT2D eigenvalue weighted by Crippen LogP contribution is 2.23. The largest absolute Gasteiger partial charge is 0.444 e. The molecule has 0 N–H and O–H groups in total. The van der Waals surface area contributed by atoms with Crippen molar-refractivity contribution in [1.29, 1.82) is 0 Å². The molecule has 0 unspecified atom stereocenters. The third-order valence-electron chi connectivity index (χ3n) is 3.27. The van der Waals surface area contributed by atoms with Crippen LogP contribution >= 0.6 is 0 Å². The van der Waals surface area contributed by atoms with Gasteiger partial charge in [-0.25, -0.2) is 4.79 Å². The van der Waals surface area contributed by atoms with Crippen LogP contribution in [0.3, 0.4) is 0 Å². The number of likely N-dealkylation sites (tertiary alicyclic amines) is 1. The molecule has 0 saturated carbocycles. The van der Waals surface area contributed by atoms with Crippen LogP contribution in [0.2, 0.25) is 0 Å². The van der Waals surface area contributed by atoms with Gasteiger partial charge in [0.05, 0.1) is 0 Å². The maximum absolute atomic E-state index is 11.9. The Morgan fingerprint density at radius 1 is 1.27 bits per heavy atom.